The highest BCUT2D eigenvalue weighted by Crippen LogP contribution is 2.31. The van der Waals surface area contributed by atoms with Crippen LogP contribution in [0.3, 0.4) is 0 Å². The van der Waals surface area contributed by atoms with E-state index in [9.17, 15) is 0 Å². The molecule has 0 saturated carbocycles. The zero-order valence-electron chi connectivity index (χ0n) is 9.16. The number of hydrogen-bond donors (Lipinski definition) is 0. The Morgan fingerprint density at radius 1 is 1.67 bits per heavy atom. The molecular weight excluding hydrogens is 276 g/mol. The molecule has 0 spiro atoms. The Morgan fingerprint density at radius 3 is 2.87 bits per heavy atom. The average molecular weight is 291 g/mol. The Labute approximate surface area is 103 Å². The molecule has 0 amide bonds. The minimum absolute atomic E-state index is 0.00736. The highest BCUT2D eigenvalue weighted by Gasteiger charge is 2.34. The molecule has 0 aliphatic carbocycles. The van der Waals surface area contributed by atoms with E-state index in [4.69, 9.17) is 4.74 Å². The normalized spacial score (nSPS) is 24.4. The fraction of sp³-hybridized carbons (Fsp3) is 0.700. The topological polar surface area (TPSA) is 25.4 Å². The van der Waals surface area contributed by atoms with Crippen molar-refractivity contribution in [2.75, 3.05) is 18.6 Å². The lowest BCUT2D eigenvalue weighted by atomic mass is 10.0. The van der Waals surface area contributed by atoms with Crippen LogP contribution in [0.5, 0.6) is 0 Å². The highest BCUT2D eigenvalue weighted by molar-refractivity contribution is 9.10. The monoisotopic (exact) mass is 290 g/mol. The molecule has 1 aromatic heterocycles. The third-order valence-electron chi connectivity index (χ3n) is 2.71. The van der Waals surface area contributed by atoms with Gasteiger partial charge in [0, 0.05) is 12.4 Å². The first kappa shape index (κ1) is 11.4. The molecule has 5 heteroatoms. The number of nitrogens with zero attached hydrogens (tertiary/aromatic N) is 2. The lowest BCUT2D eigenvalue weighted by molar-refractivity contribution is 0.0361. The molecule has 1 atom stereocenters. The Morgan fingerprint density at radius 2 is 2.40 bits per heavy atom. The molecule has 0 N–H and O–H groups in total. The summed E-state index contributed by atoms with van der Waals surface area (Å²) in [5.74, 6) is 0. The summed E-state index contributed by atoms with van der Waals surface area (Å²) in [7, 11) is 2.08. The van der Waals surface area contributed by atoms with Gasteiger partial charge in [-0.3, -0.25) is 0 Å². The maximum absolute atomic E-state index is 5.73. The zero-order valence-corrected chi connectivity index (χ0v) is 11.6. The van der Waals surface area contributed by atoms with E-state index in [0.717, 1.165) is 22.8 Å². The number of anilines is 1. The van der Waals surface area contributed by atoms with Crippen molar-refractivity contribution in [1.29, 1.82) is 0 Å². The molecule has 2 heterocycles. The first-order chi connectivity index (χ1) is 6.98. The lowest BCUT2D eigenvalue weighted by Gasteiger charge is -2.23. The van der Waals surface area contributed by atoms with Gasteiger partial charge in [-0.05, 0) is 36.2 Å². The molecule has 3 nitrogen and oxygen atoms in total. The molecule has 1 aromatic rings. The van der Waals surface area contributed by atoms with Gasteiger partial charge in [0.2, 0.25) is 0 Å². The van der Waals surface area contributed by atoms with Crippen molar-refractivity contribution in [3.63, 3.8) is 0 Å². The summed E-state index contributed by atoms with van der Waals surface area (Å²) in [6.45, 7) is 5.07. The Kier molecular flexibility index (Phi) is 3.05. The summed E-state index contributed by atoms with van der Waals surface area (Å²) in [4.78, 5) is 6.62. The Bertz CT molecular complexity index is 353. The first-order valence-corrected chi connectivity index (χ1v) is 6.63. The van der Waals surface area contributed by atoms with Crippen molar-refractivity contribution in [1.82, 2.24) is 4.98 Å². The molecule has 2 rings (SSSR count). The molecule has 1 saturated heterocycles. The van der Waals surface area contributed by atoms with Gasteiger partial charge in [0.05, 0.1) is 18.2 Å². The van der Waals surface area contributed by atoms with Crippen LogP contribution in [0.15, 0.2) is 9.98 Å². The molecule has 15 heavy (non-hydrogen) atoms. The van der Waals surface area contributed by atoms with E-state index < -0.39 is 0 Å². The quantitative estimate of drug-likeness (QED) is 0.837. The van der Waals surface area contributed by atoms with Crippen LogP contribution < -0.4 is 4.90 Å². The molecule has 1 fully saturated rings. The average Bonchev–Trinajstić information content (AvgIpc) is 2.71. The van der Waals surface area contributed by atoms with Gasteiger partial charge < -0.3 is 9.64 Å². The standard InChI is InChI=1S/C10H15BrN2OS/c1-10(2)4-7(5-14-10)13(3)9-12-8(11)6-15-9/h6-7H,4-5H2,1-3H3. The van der Waals surface area contributed by atoms with Crippen LogP contribution in [-0.2, 0) is 4.74 Å². The van der Waals surface area contributed by atoms with Crippen molar-refractivity contribution in [2.45, 2.75) is 31.9 Å². The van der Waals surface area contributed by atoms with Crippen molar-refractivity contribution in [3.05, 3.63) is 9.98 Å². The van der Waals surface area contributed by atoms with Crippen LogP contribution in [0.1, 0.15) is 20.3 Å². The molecule has 1 aliphatic heterocycles. The summed E-state index contributed by atoms with van der Waals surface area (Å²) in [5.41, 5.74) is 0.00736. The number of thiazole rings is 1. The van der Waals surface area contributed by atoms with Crippen molar-refractivity contribution >= 4 is 32.4 Å². The van der Waals surface area contributed by atoms with Crippen LogP contribution in [0.25, 0.3) is 0 Å². The Balaban J connectivity index is 2.06. The van der Waals surface area contributed by atoms with E-state index >= 15 is 0 Å². The predicted octanol–water partition coefficient (Wildman–Crippen LogP) is 2.91. The number of likely N-dealkylation sites (N-methyl/N-ethyl adjacent to an activating group) is 1. The zero-order chi connectivity index (χ0) is 11.1. The molecule has 1 unspecified atom stereocenters. The second kappa shape index (κ2) is 4.03. The smallest absolute Gasteiger partial charge is 0.186 e. The number of hydrogen-bond acceptors (Lipinski definition) is 4. The van der Waals surface area contributed by atoms with Gasteiger partial charge in [0.1, 0.15) is 4.60 Å². The maximum atomic E-state index is 5.73. The predicted molar refractivity (Wildman–Crippen MR) is 66.7 cm³/mol. The largest absolute Gasteiger partial charge is 0.373 e. The van der Waals surface area contributed by atoms with E-state index in [0.29, 0.717) is 6.04 Å². The summed E-state index contributed by atoms with van der Waals surface area (Å²) in [5, 5.41) is 3.06. The summed E-state index contributed by atoms with van der Waals surface area (Å²) in [6, 6.07) is 0.443. The third-order valence-corrected chi connectivity index (χ3v) is 4.35. The summed E-state index contributed by atoms with van der Waals surface area (Å²) >= 11 is 5.03. The number of halogens is 1. The van der Waals surface area contributed by atoms with Gasteiger partial charge in [-0.15, -0.1) is 11.3 Å². The van der Waals surface area contributed by atoms with E-state index in [1.807, 2.05) is 5.38 Å². The van der Waals surface area contributed by atoms with Crippen molar-refractivity contribution in [3.8, 4) is 0 Å². The van der Waals surface area contributed by atoms with Crippen molar-refractivity contribution in [2.24, 2.45) is 0 Å². The van der Waals surface area contributed by atoms with Gasteiger partial charge in [0.15, 0.2) is 5.13 Å². The molecule has 0 radical (unpaired) electrons. The van der Waals surface area contributed by atoms with Gasteiger partial charge in [-0.1, -0.05) is 0 Å². The van der Waals surface area contributed by atoms with E-state index in [1.54, 1.807) is 11.3 Å². The minimum Gasteiger partial charge on any atom is -0.373 e. The van der Waals surface area contributed by atoms with Gasteiger partial charge >= 0.3 is 0 Å². The van der Waals surface area contributed by atoms with Crippen LogP contribution in [0.4, 0.5) is 5.13 Å². The first-order valence-electron chi connectivity index (χ1n) is 4.96. The second-order valence-corrected chi connectivity index (χ2v) is 6.14. The van der Waals surface area contributed by atoms with Crippen LogP contribution in [0.2, 0.25) is 0 Å². The van der Waals surface area contributed by atoms with Crippen LogP contribution in [-0.4, -0.2) is 30.3 Å². The number of ether oxygens (including phenoxy) is 1. The summed E-state index contributed by atoms with van der Waals surface area (Å²) in [6.07, 6.45) is 1.06. The molecule has 0 bridgehead atoms. The lowest BCUT2D eigenvalue weighted by Crippen LogP contribution is -2.32. The van der Waals surface area contributed by atoms with E-state index in [-0.39, 0.29) is 5.60 Å². The van der Waals surface area contributed by atoms with E-state index in [2.05, 4.69) is 46.7 Å². The summed E-state index contributed by atoms with van der Waals surface area (Å²) < 4.78 is 6.64. The van der Waals surface area contributed by atoms with Crippen molar-refractivity contribution < 1.29 is 4.74 Å². The highest BCUT2D eigenvalue weighted by atomic mass is 79.9. The fourth-order valence-corrected chi connectivity index (χ4v) is 3.11. The SMILES string of the molecule is CN(c1nc(Br)cs1)C1COC(C)(C)C1. The van der Waals surface area contributed by atoms with Crippen LogP contribution in [0, 0.1) is 0 Å². The molecule has 0 aromatic carbocycles. The molecule has 84 valence electrons. The number of aromatic nitrogens is 1. The fourth-order valence-electron chi connectivity index (χ4n) is 1.82. The Hall–Kier alpha value is -0.130. The maximum Gasteiger partial charge on any atom is 0.186 e. The third kappa shape index (κ3) is 2.52. The van der Waals surface area contributed by atoms with E-state index in [1.165, 1.54) is 0 Å². The minimum atomic E-state index is 0.00736. The molecular formula is C10H15BrN2OS. The van der Waals surface area contributed by atoms with Gasteiger partial charge in [0.25, 0.3) is 0 Å². The van der Waals surface area contributed by atoms with Gasteiger partial charge in [-0.2, -0.15) is 0 Å². The second-order valence-electron chi connectivity index (χ2n) is 4.49. The molecule has 1 aliphatic rings. The van der Waals surface area contributed by atoms with Gasteiger partial charge in [-0.25, -0.2) is 4.98 Å². The van der Waals surface area contributed by atoms with Crippen LogP contribution >= 0.6 is 27.3 Å². The number of rotatable bonds is 2.